The fourth-order valence-corrected chi connectivity index (χ4v) is 2.73. The van der Waals surface area contributed by atoms with E-state index in [4.69, 9.17) is 0 Å². The van der Waals surface area contributed by atoms with Gasteiger partial charge in [0, 0.05) is 22.9 Å². The van der Waals surface area contributed by atoms with E-state index in [9.17, 15) is 4.79 Å². The van der Waals surface area contributed by atoms with Crippen LogP contribution in [0.4, 0.5) is 0 Å². The van der Waals surface area contributed by atoms with E-state index >= 15 is 0 Å². The number of amides is 1. The normalized spacial score (nSPS) is 10.4. The van der Waals surface area contributed by atoms with E-state index < -0.39 is 0 Å². The fraction of sp³-hybridized carbons (Fsp3) is 0.130. The van der Waals surface area contributed by atoms with Crippen LogP contribution < -0.4 is 5.32 Å². The van der Waals surface area contributed by atoms with Crippen molar-refractivity contribution in [1.29, 1.82) is 0 Å². The third kappa shape index (κ3) is 4.74. The second kappa shape index (κ2) is 8.68. The first-order valence-electron chi connectivity index (χ1n) is 8.76. The topological polar surface area (TPSA) is 46.9 Å². The van der Waals surface area contributed by atoms with E-state index in [0.29, 0.717) is 6.54 Å². The lowest BCUT2D eigenvalue weighted by Gasteiger charge is -2.03. The molecule has 1 N–H and O–H groups in total. The molecule has 0 aliphatic rings. The van der Waals surface area contributed by atoms with Crippen LogP contribution in [0.5, 0.6) is 0 Å². The summed E-state index contributed by atoms with van der Waals surface area (Å²) >= 11 is 0. The number of hydrogen-bond donors (Lipinski definition) is 1. The minimum atomic E-state index is -0.177. The number of aryl methyl sites for hydroxylation is 1. The highest BCUT2D eigenvalue weighted by Crippen LogP contribution is 2.18. The number of carbonyl (C=O) groups is 1. The van der Waals surface area contributed by atoms with Crippen molar-refractivity contribution in [3.63, 3.8) is 0 Å². The number of rotatable bonds is 4. The molecular formula is C23H21N3O. The van der Waals surface area contributed by atoms with Gasteiger partial charge in [0.25, 0.3) is 0 Å². The number of nitrogens with one attached hydrogen (secondary N) is 1. The van der Waals surface area contributed by atoms with Crippen molar-refractivity contribution in [2.24, 2.45) is 0 Å². The van der Waals surface area contributed by atoms with Crippen LogP contribution in [-0.4, -0.2) is 22.2 Å². The van der Waals surface area contributed by atoms with Crippen LogP contribution in [0, 0.1) is 25.7 Å². The van der Waals surface area contributed by atoms with Crippen molar-refractivity contribution >= 4 is 12.0 Å². The Kier molecular flexibility index (Phi) is 5.86. The number of carbonyl (C=O) groups excluding carboxylic acids is 1. The monoisotopic (exact) mass is 355 g/mol. The summed E-state index contributed by atoms with van der Waals surface area (Å²) in [6, 6.07) is 19.6. The number of para-hydroxylation sites is 1. The smallest absolute Gasteiger partial charge is 0.244 e. The third-order valence-electron chi connectivity index (χ3n) is 4.11. The largest absolute Gasteiger partial charge is 0.342 e. The Balaban J connectivity index is 1.63. The molecule has 0 bridgehead atoms. The standard InChI is InChI=1S/C23H21N3O/c1-18-22(19(2)26(25-18)21-13-7-4-8-14-21)15-16-23(27)24-17-9-12-20-10-5-3-6-11-20/h3-8,10-11,13-16H,17H2,1-2H3,(H,24,27)/b16-15+. The van der Waals surface area contributed by atoms with E-state index in [2.05, 4.69) is 22.3 Å². The fourth-order valence-electron chi connectivity index (χ4n) is 2.73. The van der Waals surface area contributed by atoms with Crippen LogP contribution in [0.1, 0.15) is 22.5 Å². The number of aromatic nitrogens is 2. The van der Waals surface area contributed by atoms with Gasteiger partial charge in [-0.1, -0.05) is 48.2 Å². The predicted molar refractivity (Wildman–Crippen MR) is 108 cm³/mol. The van der Waals surface area contributed by atoms with Gasteiger partial charge in [0.15, 0.2) is 0 Å². The minimum absolute atomic E-state index is 0.177. The van der Waals surface area contributed by atoms with Gasteiger partial charge in [0.05, 0.1) is 17.9 Å². The highest BCUT2D eigenvalue weighted by atomic mass is 16.1. The van der Waals surface area contributed by atoms with Crippen molar-refractivity contribution < 1.29 is 4.79 Å². The Hall–Kier alpha value is -3.58. The quantitative estimate of drug-likeness (QED) is 0.573. The number of benzene rings is 2. The molecule has 1 heterocycles. The van der Waals surface area contributed by atoms with Crippen LogP contribution in [0.2, 0.25) is 0 Å². The third-order valence-corrected chi connectivity index (χ3v) is 4.11. The summed E-state index contributed by atoms with van der Waals surface area (Å²) in [7, 11) is 0. The average Bonchev–Trinajstić information content (AvgIpc) is 2.99. The summed E-state index contributed by atoms with van der Waals surface area (Å²) in [5, 5.41) is 7.35. The second-order valence-electron chi connectivity index (χ2n) is 6.05. The molecule has 0 radical (unpaired) electrons. The van der Waals surface area contributed by atoms with E-state index in [1.807, 2.05) is 79.2 Å². The van der Waals surface area contributed by atoms with Crippen LogP contribution >= 0.6 is 0 Å². The Morgan fingerprint density at radius 1 is 1.07 bits per heavy atom. The highest BCUT2D eigenvalue weighted by molar-refractivity contribution is 5.92. The molecule has 2 aromatic carbocycles. The van der Waals surface area contributed by atoms with Crippen molar-refractivity contribution in [2.75, 3.05) is 6.54 Å². The first-order chi connectivity index (χ1) is 13.1. The maximum Gasteiger partial charge on any atom is 0.244 e. The number of nitrogens with zero attached hydrogens (tertiary/aromatic N) is 2. The van der Waals surface area contributed by atoms with Crippen LogP contribution in [0.25, 0.3) is 11.8 Å². The maximum atomic E-state index is 12.0. The second-order valence-corrected chi connectivity index (χ2v) is 6.05. The Morgan fingerprint density at radius 3 is 2.44 bits per heavy atom. The molecular weight excluding hydrogens is 334 g/mol. The van der Waals surface area contributed by atoms with Gasteiger partial charge >= 0.3 is 0 Å². The maximum absolute atomic E-state index is 12.0. The Morgan fingerprint density at radius 2 is 1.74 bits per heavy atom. The molecule has 3 aromatic rings. The molecule has 0 fully saturated rings. The van der Waals surface area contributed by atoms with Crippen LogP contribution in [-0.2, 0) is 4.79 Å². The van der Waals surface area contributed by atoms with Gasteiger partial charge in [0.2, 0.25) is 5.91 Å². The number of hydrogen-bond acceptors (Lipinski definition) is 2. The lowest BCUT2D eigenvalue weighted by Crippen LogP contribution is -2.20. The zero-order valence-corrected chi connectivity index (χ0v) is 15.4. The molecule has 27 heavy (non-hydrogen) atoms. The van der Waals surface area contributed by atoms with E-state index in [1.165, 1.54) is 6.08 Å². The Bertz CT molecular complexity index is 1010. The average molecular weight is 355 g/mol. The van der Waals surface area contributed by atoms with E-state index in [-0.39, 0.29) is 5.91 Å². The zero-order valence-electron chi connectivity index (χ0n) is 15.4. The highest BCUT2D eigenvalue weighted by Gasteiger charge is 2.10. The van der Waals surface area contributed by atoms with E-state index in [1.54, 1.807) is 6.08 Å². The van der Waals surface area contributed by atoms with Gasteiger partial charge in [-0.15, -0.1) is 0 Å². The molecule has 0 aliphatic heterocycles. The van der Waals surface area contributed by atoms with Gasteiger partial charge in [0.1, 0.15) is 0 Å². The van der Waals surface area contributed by atoms with Crippen molar-refractivity contribution in [3.05, 3.63) is 89.3 Å². The molecule has 1 amide bonds. The summed E-state index contributed by atoms with van der Waals surface area (Å²) in [6.07, 6.45) is 3.33. The summed E-state index contributed by atoms with van der Waals surface area (Å²) in [4.78, 5) is 12.0. The molecule has 134 valence electrons. The SMILES string of the molecule is Cc1nn(-c2ccccc2)c(C)c1/C=C/C(=O)NCC#Cc1ccccc1. The molecule has 0 atom stereocenters. The summed E-state index contributed by atoms with van der Waals surface area (Å²) in [6.45, 7) is 4.24. The van der Waals surface area contributed by atoms with E-state index in [0.717, 1.165) is 28.2 Å². The molecule has 3 rings (SSSR count). The van der Waals surface area contributed by atoms with Crippen molar-refractivity contribution in [2.45, 2.75) is 13.8 Å². The molecule has 0 unspecified atom stereocenters. The minimum Gasteiger partial charge on any atom is -0.342 e. The lowest BCUT2D eigenvalue weighted by molar-refractivity contribution is -0.116. The summed E-state index contributed by atoms with van der Waals surface area (Å²) in [5.41, 5.74) is 4.75. The first-order valence-corrected chi connectivity index (χ1v) is 8.76. The predicted octanol–water partition coefficient (Wildman–Crippen LogP) is 3.67. The van der Waals surface area contributed by atoms with Gasteiger partial charge in [-0.3, -0.25) is 4.79 Å². The molecule has 0 saturated carbocycles. The van der Waals surface area contributed by atoms with Gasteiger partial charge in [-0.05, 0) is 44.2 Å². The summed E-state index contributed by atoms with van der Waals surface area (Å²) < 4.78 is 1.89. The van der Waals surface area contributed by atoms with Crippen LogP contribution in [0.3, 0.4) is 0 Å². The molecule has 4 nitrogen and oxygen atoms in total. The van der Waals surface area contributed by atoms with Crippen LogP contribution in [0.15, 0.2) is 66.7 Å². The van der Waals surface area contributed by atoms with Gasteiger partial charge in [-0.25, -0.2) is 4.68 Å². The van der Waals surface area contributed by atoms with Crippen molar-refractivity contribution in [1.82, 2.24) is 15.1 Å². The first kappa shape index (κ1) is 18.2. The molecule has 4 heteroatoms. The zero-order chi connectivity index (χ0) is 19.1. The molecule has 0 saturated heterocycles. The molecule has 1 aromatic heterocycles. The molecule has 0 spiro atoms. The lowest BCUT2D eigenvalue weighted by atomic mass is 10.2. The van der Waals surface area contributed by atoms with Gasteiger partial charge < -0.3 is 5.32 Å². The summed E-state index contributed by atoms with van der Waals surface area (Å²) in [5.74, 6) is 5.78. The Labute approximate surface area is 159 Å². The van der Waals surface area contributed by atoms with Gasteiger partial charge in [-0.2, -0.15) is 5.10 Å². The molecule has 0 aliphatic carbocycles. The van der Waals surface area contributed by atoms with Crippen molar-refractivity contribution in [3.8, 4) is 17.5 Å².